The van der Waals surface area contributed by atoms with Crippen molar-refractivity contribution >= 4 is 23.1 Å². The van der Waals surface area contributed by atoms with Gasteiger partial charge in [-0.3, -0.25) is 0 Å². The molecule has 2 rings (SSSR count). The van der Waals surface area contributed by atoms with Gasteiger partial charge in [-0.25, -0.2) is 4.98 Å². The first-order valence-electron chi connectivity index (χ1n) is 7.14. The lowest BCUT2D eigenvalue weighted by atomic mass is 9.94. The zero-order chi connectivity index (χ0) is 14.4. The Morgan fingerprint density at radius 3 is 2.75 bits per heavy atom. The molecule has 0 aliphatic heterocycles. The molecule has 0 bridgehead atoms. The minimum absolute atomic E-state index is 0.0881. The molecule has 5 heteroatoms. The van der Waals surface area contributed by atoms with Gasteiger partial charge >= 0.3 is 0 Å². The highest BCUT2D eigenvalue weighted by molar-refractivity contribution is 7.80. The minimum atomic E-state index is 0.0881. The average molecular weight is 293 g/mol. The van der Waals surface area contributed by atoms with Gasteiger partial charge in [0, 0.05) is 25.5 Å². The first kappa shape index (κ1) is 15.2. The molecular weight excluding hydrogens is 270 g/mol. The largest absolute Gasteiger partial charge is 0.385 e. The third-order valence-corrected chi connectivity index (χ3v) is 4.08. The van der Waals surface area contributed by atoms with Crippen LogP contribution in [0.5, 0.6) is 0 Å². The van der Waals surface area contributed by atoms with E-state index in [4.69, 9.17) is 17.0 Å². The Bertz CT molecular complexity index is 441. The van der Waals surface area contributed by atoms with Gasteiger partial charge in [-0.1, -0.05) is 18.9 Å². The maximum Gasteiger partial charge on any atom is 0.172 e. The molecule has 1 aromatic rings. The van der Waals surface area contributed by atoms with Crippen molar-refractivity contribution in [3.05, 3.63) is 23.9 Å². The molecule has 0 atom stereocenters. The number of nitrogens with zero attached hydrogens (tertiary/aromatic N) is 1. The van der Waals surface area contributed by atoms with E-state index in [1.807, 2.05) is 25.3 Å². The lowest BCUT2D eigenvalue weighted by Gasteiger charge is -2.31. The van der Waals surface area contributed by atoms with Crippen molar-refractivity contribution in [3.8, 4) is 0 Å². The number of hydrogen-bond acceptors (Lipinski definition) is 3. The highest BCUT2D eigenvalue weighted by Crippen LogP contribution is 2.32. The highest BCUT2D eigenvalue weighted by atomic mass is 32.1. The van der Waals surface area contributed by atoms with Gasteiger partial charge in [0.25, 0.3) is 0 Å². The van der Waals surface area contributed by atoms with Crippen LogP contribution in [-0.4, -0.2) is 29.4 Å². The predicted molar refractivity (Wildman–Crippen MR) is 86.0 cm³/mol. The Kier molecular flexibility index (Phi) is 5.31. The Morgan fingerprint density at radius 2 is 2.15 bits per heavy atom. The molecule has 0 unspecified atom stereocenters. The molecule has 110 valence electrons. The molecule has 20 heavy (non-hydrogen) atoms. The van der Waals surface area contributed by atoms with Crippen molar-refractivity contribution in [2.75, 3.05) is 19.0 Å². The van der Waals surface area contributed by atoms with Crippen LogP contribution in [0.4, 0.5) is 5.82 Å². The van der Waals surface area contributed by atoms with Crippen molar-refractivity contribution in [1.82, 2.24) is 10.3 Å². The summed E-state index contributed by atoms with van der Waals surface area (Å²) in [5.74, 6) is 0.785. The number of thiocarbonyl (C=S) groups is 1. The fourth-order valence-corrected chi connectivity index (χ4v) is 3.04. The summed E-state index contributed by atoms with van der Waals surface area (Å²) in [6, 6.07) is 3.97. The van der Waals surface area contributed by atoms with Gasteiger partial charge in [-0.05, 0) is 50.0 Å². The molecule has 0 spiro atoms. The third kappa shape index (κ3) is 4.15. The fraction of sp³-hybridized carbons (Fsp3) is 0.600. The standard InChI is InChI=1S/C15H23N3OS/c1-12-5-6-13(16-11-12)17-14(20)18-15(9-10-19-2)7-3-4-8-15/h5-6,11H,3-4,7-10H2,1-2H3,(H2,16,17,18,20). The molecule has 1 heterocycles. The van der Waals surface area contributed by atoms with Crippen LogP contribution < -0.4 is 10.6 Å². The van der Waals surface area contributed by atoms with Gasteiger partial charge in [-0.2, -0.15) is 0 Å². The number of hydrogen-bond donors (Lipinski definition) is 2. The molecule has 1 aliphatic carbocycles. The number of rotatable bonds is 5. The van der Waals surface area contributed by atoms with Crippen LogP contribution in [0, 0.1) is 6.92 Å². The maximum atomic E-state index is 5.42. The predicted octanol–water partition coefficient (Wildman–Crippen LogP) is 3.03. The number of pyridine rings is 1. The number of anilines is 1. The van der Waals surface area contributed by atoms with Crippen LogP contribution in [0.3, 0.4) is 0 Å². The summed E-state index contributed by atoms with van der Waals surface area (Å²) in [6.07, 6.45) is 7.64. The molecular formula is C15H23N3OS. The second-order valence-corrected chi connectivity index (χ2v) is 5.94. The Labute approximate surface area is 126 Å². The summed E-state index contributed by atoms with van der Waals surface area (Å²) in [6.45, 7) is 2.78. The molecule has 1 saturated carbocycles. The molecule has 2 N–H and O–H groups in total. The summed E-state index contributed by atoms with van der Waals surface area (Å²) in [4.78, 5) is 4.31. The number of aromatic nitrogens is 1. The Hall–Kier alpha value is -1.20. The summed E-state index contributed by atoms with van der Waals surface area (Å²) in [7, 11) is 1.75. The molecule has 1 aliphatic rings. The van der Waals surface area contributed by atoms with Crippen LogP contribution in [0.2, 0.25) is 0 Å². The quantitative estimate of drug-likeness (QED) is 0.817. The van der Waals surface area contributed by atoms with Crippen molar-refractivity contribution in [2.24, 2.45) is 0 Å². The van der Waals surface area contributed by atoms with E-state index >= 15 is 0 Å². The first-order valence-corrected chi connectivity index (χ1v) is 7.55. The number of aryl methyl sites for hydroxylation is 1. The van der Waals surface area contributed by atoms with Gasteiger partial charge < -0.3 is 15.4 Å². The normalized spacial score (nSPS) is 16.9. The topological polar surface area (TPSA) is 46.2 Å². The zero-order valence-electron chi connectivity index (χ0n) is 12.2. The van der Waals surface area contributed by atoms with Crippen LogP contribution in [-0.2, 0) is 4.74 Å². The van der Waals surface area contributed by atoms with Crippen molar-refractivity contribution in [2.45, 2.75) is 44.6 Å². The van der Waals surface area contributed by atoms with E-state index < -0.39 is 0 Å². The van der Waals surface area contributed by atoms with Gasteiger partial charge in [0.15, 0.2) is 5.11 Å². The zero-order valence-corrected chi connectivity index (χ0v) is 13.1. The Morgan fingerprint density at radius 1 is 1.40 bits per heavy atom. The van der Waals surface area contributed by atoms with Crippen LogP contribution in [0.15, 0.2) is 18.3 Å². The molecule has 1 aromatic heterocycles. The molecule has 1 fully saturated rings. The van der Waals surface area contributed by atoms with E-state index in [-0.39, 0.29) is 5.54 Å². The van der Waals surface area contributed by atoms with E-state index in [2.05, 4.69) is 15.6 Å². The van der Waals surface area contributed by atoms with E-state index in [0.717, 1.165) is 37.3 Å². The average Bonchev–Trinajstić information content (AvgIpc) is 2.88. The lowest BCUT2D eigenvalue weighted by molar-refractivity contribution is 0.163. The van der Waals surface area contributed by atoms with Crippen molar-refractivity contribution < 1.29 is 4.74 Å². The van der Waals surface area contributed by atoms with Crippen molar-refractivity contribution in [3.63, 3.8) is 0 Å². The summed E-state index contributed by atoms with van der Waals surface area (Å²) < 4.78 is 5.23. The SMILES string of the molecule is COCCC1(NC(=S)Nc2ccc(C)cn2)CCCC1. The summed E-state index contributed by atoms with van der Waals surface area (Å²) in [5, 5.41) is 7.31. The minimum Gasteiger partial charge on any atom is -0.385 e. The molecule has 0 amide bonds. The van der Waals surface area contributed by atoms with Gasteiger partial charge in [0.2, 0.25) is 0 Å². The van der Waals surface area contributed by atoms with Crippen LogP contribution in [0.1, 0.15) is 37.7 Å². The number of ether oxygens (including phenoxy) is 1. The molecule has 0 radical (unpaired) electrons. The van der Waals surface area contributed by atoms with E-state index in [1.165, 1.54) is 12.8 Å². The van der Waals surface area contributed by atoms with Gasteiger partial charge in [-0.15, -0.1) is 0 Å². The van der Waals surface area contributed by atoms with E-state index in [9.17, 15) is 0 Å². The van der Waals surface area contributed by atoms with Crippen LogP contribution >= 0.6 is 12.2 Å². The van der Waals surface area contributed by atoms with E-state index in [0.29, 0.717) is 5.11 Å². The van der Waals surface area contributed by atoms with Crippen LogP contribution in [0.25, 0.3) is 0 Å². The number of nitrogens with one attached hydrogen (secondary N) is 2. The summed E-state index contributed by atoms with van der Waals surface area (Å²) >= 11 is 5.42. The molecule has 0 saturated heterocycles. The monoisotopic (exact) mass is 293 g/mol. The van der Waals surface area contributed by atoms with E-state index in [1.54, 1.807) is 7.11 Å². The number of methoxy groups -OCH3 is 1. The third-order valence-electron chi connectivity index (χ3n) is 3.88. The molecule has 0 aromatic carbocycles. The highest BCUT2D eigenvalue weighted by Gasteiger charge is 2.33. The van der Waals surface area contributed by atoms with Gasteiger partial charge in [0.05, 0.1) is 0 Å². The second-order valence-electron chi connectivity index (χ2n) is 5.53. The fourth-order valence-electron chi connectivity index (χ4n) is 2.72. The summed E-state index contributed by atoms with van der Waals surface area (Å²) in [5.41, 5.74) is 1.23. The van der Waals surface area contributed by atoms with Crippen molar-refractivity contribution in [1.29, 1.82) is 0 Å². The maximum absolute atomic E-state index is 5.42. The Balaban J connectivity index is 1.93. The lowest BCUT2D eigenvalue weighted by Crippen LogP contribution is -2.48. The van der Waals surface area contributed by atoms with Gasteiger partial charge in [0.1, 0.15) is 5.82 Å². The second kappa shape index (κ2) is 6.99. The smallest absolute Gasteiger partial charge is 0.172 e. The molecule has 4 nitrogen and oxygen atoms in total. The first-order chi connectivity index (χ1) is 9.63.